The van der Waals surface area contributed by atoms with Crippen molar-refractivity contribution in [1.29, 1.82) is 0 Å². The van der Waals surface area contributed by atoms with Gasteiger partial charge in [0, 0.05) is 146 Å². The van der Waals surface area contributed by atoms with E-state index in [0.717, 1.165) is 230 Å². The zero-order valence-corrected chi connectivity index (χ0v) is 79.2. The van der Waals surface area contributed by atoms with Crippen molar-refractivity contribution in [1.82, 2.24) is 13.7 Å². The number of para-hydroxylation sites is 8. The molecule has 0 saturated heterocycles. The maximum Gasteiger partial charge on any atom is 0.270 e. The number of anilines is 6. The normalized spacial score (nSPS) is 14.8. The molecule has 0 saturated carbocycles. The van der Waals surface area contributed by atoms with Crippen LogP contribution in [-0.2, 0) is 10.8 Å². The van der Waals surface area contributed by atoms with E-state index in [0.29, 0.717) is 0 Å². The number of rotatable bonds is 5. The van der Waals surface area contributed by atoms with Gasteiger partial charge in [-0.2, -0.15) is 0 Å². The second-order valence-corrected chi connectivity index (χ2v) is 41.2. The Balaban J connectivity index is 0.0000000957. The molecule has 23 aromatic rings. The first-order chi connectivity index (χ1) is 71.4. The van der Waals surface area contributed by atoms with E-state index >= 15 is 0 Å². The molecule has 0 N–H and O–H groups in total. The minimum absolute atomic E-state index is 0.00788. The molecule has 0 amide bonds. The topological polar surface area (TPSA) is 114 Å². The van der Waals surface area contributed by atoms with Crippen LogP contribution < -0.4 is 106 Å². The van der Waals surface area contributed by atoms with Crippen molar-refractivity contribution in [2.24, 2.45) is 0 Å². The van der Waals surface area contributed by atoms with Gasteiger partial charge in [0.05, 0.1) is 82.7 Å². The van der Waals surface area contributed by atoms with Crippen LogP contribution in [0.1, 0.15) is 49.9 Å². The van der Waals surface area contributed by atoms with Crippen molar-refractivity contribution < 1.29 is 47.4 Å². The van der Waals surface area contributed by atoms with Gasteiger partial charge < -0.3 is 70.9 Å². The van der Waals surface area contributed by atoms with Gasteiger partial charge in [-0.25, -0.2) is 0 Å². The summed E-state index contributed by atoms with van der Waals surface area (Å²) in [6, 6.07) is 137. The quantitative estimate of drug-likeness (QED) is 0.153. The number of nitrogens with zero attached hydrogens (tertiary/aromatic N) is 5. The molecule has 0 radical (unpaired) electrons. The van der Waals surface area contributed by atoms with Crippen molar-refractivity contribution >= 4 is 181 Å². The first-order valence-corrected chi connectivity index (χ1v) is 50.2. The van der Waals surface area contributed by atoms with E-state index in [-0.39, 0.29) is 31.0 Å². The van der Waals surface area contributed by atoms with E-state index in [2.05, 4.69) is 330 Å². The lowest BCUT2D eigenvalue weighted by atomic mass is 9.34. The lowest BCUT2D eigenvalue weighted by Gasteiger charge is -2.43. The van der Waals surface area contributed by atoms with Crippen molar-refractivity contribution in [3.8, 4) is 132 Å². The number of benzene rings is 20. The van der Waals surface area contributed by atoms with Crippen LogP contribution in [0, 0.1) is 0 Å². The molecule has 19 heteroatoms. The largest absolute Gasteiger partial charge is 0.458 e. The molecule has 0 fully saturated rings. The summed E-state index contributed by atoms with van der Waals surface area (Å²) < 4.78 is 73.1. The molecule has 0 atom stereocenters. The smallest absolute Gasteiger partial charge is 0.270 e. The summed E-state index contributed by atoms with van der Waals surface area (Å²) in [6.07, 6.45) is 0. The van der Waals surface area contributed by atoms with Gasteiger partial charge in [0.1, 0.15) is 115 Å². The second-order valence-electron chi connectivity index (χ2n) is 40.2. The second kappa shape index (κ2) is 28.9. The predicted octanol–water partition coefficient (Wildman–Crippen LogP) is 27.3. The van der Waals surface area contributed by atoms with Crippen molar-refractivity contribution in [2.45, 2.75) is 48.3 Å². The molecule has 15 nitrogen and oxygen atoms in total. The number of ether oxygens (including phenoxy) is 10. The van der Waals surface area contributed by atoms with Gasteiger partial charge in [0.25, 0.3) is 20.1 Å². The van der Waals surface area contributed by atoms with Crippen LogP contribution >= 0.6 is 11.8 Å². The van der Waals surface area contributed by atoms with Crippen LogP contribution in [0.3, 0.4) is 0 Å². The molecule has 15 heterocycles. The average molecular weight is 1880 g/mol. The summed E-state index contributed by atoms with van der Waals surface area (Å²) >= 11 is 1.77. The van der Waals surface area contributed by atoms with E-state index in [9.17, 15) is 0 Å². The fourth-order valence-electron chi connectivity index (χ4n) is 25.8. The third-order valence-electron chi connectivity index (χ3n) is 31.9. The molecule has 0 unspecified atom stereocenters. The monoisotopic (exact) mass is 1880 g/mol. The molecule has 12 aliphatic heterocycles. The minimum Gasteiger partial charge on any atom is -0.458 e. The van der Waals surface area contributed by atoms with Gasteiger partial charge in [-0.15, -0.1) is 0 Å². The highest BCUT2D eigenvalue weighted by Gasteiger charge is 2.52. The average Bonchev–Trinajstić information content (AvgIpc) is 1.24. The number of hydrogen-bond acceptors (Lipinski definition) is 13. The van der Waals surface area contributed by atoms with Crippen LogP contribution in [0.25, 0.3) is 82.5 Å². The molecule has 0 aliphatic carbocycles. The van der Waals surface area contributed by atoms with Crippen LogP contribution in [0.2, 0.25) is 0 Å². The molecule has 680 valence electrons. The SMILES string of the molecule is CC1(C)c2ccccc2N(c2cc3c4c(c2)Oc2cccc5c2B4c2c(cccc2O3)O5)c2cc3c(cc21)c1ccccc1n3-c1ccccc1.CC1(C)c2ccccc2N(c2ccccc2)c2ccc3c4ccccc4n(-c4cc5c6c(c4)Oc4cccc7c4B6c4c(cccc4O5)O7)c3c21.c1ccc2c(c1)Oc1ccc3c(c1S2)c1ccccc1n3-c1cc2c3c(c1)Oc1cccc4c1B3c1c(cccc1O2)O4. The third-order valence-corrected chi connectivity index (χ3v) is 33.0. The Morgan fingerprint density at radius 2 is 0.559 bits per heavy atom. The van der Waals surface area contributed by atoms with Gasteiger partial charge in [0.2, 0.25) is 0 Å². The molecular weight excluding hydrogens is 1810 g/mol. The summed E-state index contributed by atoms with van der Waals surface area (Å²) in [5, 5.41) is 7.26. The first-order valence-electron chi connectivity index (χ1n) is 49.4. The van der Waals surface area contributed by atoms with Crippen molar-refractivity contribution in [3.63, 3.8) is 0 Å². The number of hydrogen-bond donors (Lipinski definition) is 0. The molecule has 0 spiro atoms. The maximum absolute atomic E-state index is 6.81. The van der Waals surface area contributed by atoms with E-state index in [1.807, 2.05) is 109 Å². The highest BCUT2D eigenvalue weighted by Crippen LogP contribution is 2.61. The Hall–Kier alpha value is -18.1. The van der Waals surface area contributed by atoms with Crippen LogP contribution in [0.5, 0.6) is 115 Å². The molecule has 145 heavy (non-hydrogen) atoms. The fourth-order valence-corrected chi connectivity index (χ4v) is 26.9. The maximum atomic E-state index is 6.81. The van der Waals surface area contributed by atoms with Gasteiger partial charge in [-0.05, 0) is 187 Å². The molecule has 12 aliphatic rings. The van der Waals surface area contributed by atoms with Gasteiger partial charge in [0.15, 0.2) is 0 Å². The lowest BCUT2D eigenvalue weighted by molar-refractivity contribution is 0.442. The Labute approximate surface area is 836 Å². The van der Waals surface area contributed by atoms with E-state index in [4.69, 9.17) is 47.4 Å². The zero-order valence-electron chi connectivity index (χ0n) is 78.4. The van der Waals surface area contributed by atoms with Gasteiger partial charge >= 0.3 is 0 Å². The Kier molecular flexibility index (Phi) is 15.9. The number of fused-ring (bicyclic) bond motifs is 17. The summed E-state index contributed by atoms with van der Waals surface area (Å²) in [6.45, 7) is 9.36. The van der Waals surface area contributed by atoms with Crippen LogP contribution in [-0.4, -0.2) is 33.8 Å². The molecular formula is C126H76B3N5O10S. The van der Waals surface area contributed by atoms with E-state index < -0.39 is 0 Å². The molecule has 20 aromatic carbocycles. The predicted molar refractivity (Wildman–Crippen MR) is 580 cm³/mol. The molecule has 0 bridgehead atoms. The Morgan fingerprint density at radius 3 is 1.05 bits per heavy atom. The lowest BCUT2D eigenvalue weighted by Crippen LogP contribution is -2.59. The number of aromatic nitrogens is 3. The summed E-state index contributed by atoms with van der Waals surface area (Å²) in [5.41, 5.74) is 30.9. The summed E-state index contributed by atoms with van der Waals surface area (Å²) in [5.74, 6) is 16.6. The molecule has 3 aromatic heterocycles. The van der Waals surface area contributed by atoms with Gasteiger partial charge in [-0.1, -0.05) is 221 Å². The highest BCUT2D eigenvalue weighted by atomic mass is 32.2. The third kappa shape index (κ3) is 10.9. The first kappa shape index (κ1) is 79.7. The fraction of sp³-hybridized carbons (Fsp3) is 0.0476. The minimum atomic E-state index is -0.314. The van der Waals surface area contributed by atoms with Gasteiger partial charge in [-0.3, -0.25) is 0 Å². The molecule has 35 rings (SSSR count). The zero-order chi connectivity index (χ0) is 95.0. The summed E-state index contributed by atoms with van der Waals surface area (Å²) in [4.78, 5) is 7.08. The Morgan fingerprint density at radius 1 is 0.207 bits per heavy atom. The van der Waals surface area contributed by atoms with Crippen LogP contribution in [0.4, 0.5) is 34.1 Å². The van der Waals surface area contributed by atoms with Crippen molar-refractivity contribution in [2.75, 3.05) is 9.80 Å². The van der Waals surface area contributed by atoms with Crippen molar-refractivity contribution in [3.05, 3.63) is 411 Å². The van der Waals surface area contributed by atoms with E-state index in [1.54, 1.807) is 11.8 Å². The highest BCUT2D eigenvalue weighted by molar-refractivity contribution is 7.99. The van der Waals surface area contributed by atoms with Crippen LogP contribution in [0.15, 0.2) is 398 Å². The van der Waals surface area contributed by atoms with E-state index in [1.165, 1.54) is 82.5 Å². The standard InChI is InChI=1S/2C45H29BN2O3.C36H18BNO4S/c1-45(2)30-15-7-9-17-33(30)48(35-25-34-29(24-31(35)45)28-14-6-8-16-32(28)47(34)26-12-4-3-5-13-26)27-22-40-44-41(23-27)51-39-21-11-19-37-43(39)46(44)42-36(49-37)18-10-20-38(42)50-40;1-45(2)30-15-7-9-17-32(30)47(26-12-4-3-5-13-26)33-23-22-29-28-14-6-8-16-31(28)48(44(29)40(33)45)27-24-38-43-39(25-27)51-37-21-11-19-35-42(37)46(43)41-34(49-35)18-10-20-36(41)50-38;1-2-8-21-20(7-1)32-22(15-16-28-36(32)43-31-14-4-3-9-23(31)39-28)38(21)19-17-29-35-30(18-19)42-27-13-6-11-25-34(27)37(35)33-24(40-25)10-5-12-26(33)41-29/h2*3-25H,1-2H3;1-18H. The Bertz CT molecular complexity index is 9630. The summed E-state index contributed by atoms with van der Waals surface area (Å²) in [7, 11) is 0.